The van der Waals surface area contributed by atoms with Crippen molar-refractivity contribution in [1.29, 1.82) is 0 Å². The maximum Gasteiger partial charge on any atom is 0.255 e. The van der Waals surface area contributed by atoms with Crippen LogP contribution in [0.5, 0.6) is 5.75 Å². The number of amides is 1. The van der Waals surface area contributed by atoms with Crippen LogP contribution in [0.25, 0.3) is 0 Å². The zero-order valence-electron chi connectivity index (χ0n) is 11.3. The van der Waals surface area contributed by atoms with Gasteiger partial charge in [0.15, 0.2) is 0 Å². The van der Waals surface area contributed by atoms with Gasteiger partial charge in [-0.3, -0.25) is 9.78 Å². The van der Waals surface area contributed by atoms with Gasteiger partial charge in [-0.05, 0) is 44.2 Å². The van der Waals surface area contributed by atoms with Gasteiger partial charge < -0.3 is 10.1 Å². The van der Waals surface area contributed by atoms with Crippen molar-refractivity contribution in [2.75, 3.05) is 11.9 Å². The molecule has 5 heteroatoms. The summed E-state index contributed by atoms with van der Waals surface area (Å²) < 4.78 is 5.33. The number of carbonyl (C=O) groups is 1. The minimum absolute atomic E-state index is 0.222. The molecule has 0 spiro atoms. The molecular formula is C15H15ClN2O2. The zero-order valence-corrected chi connectivity index (χ0v) is 12.1. The summed E-state index contributed by atoms with van der Waals surface area (Å²) in [4.78, 5) is 16.2. The predicted molar refractivity (Wildman–Crippen MR) is 79.5 cm³/mol. The van der Waals surface area contributed by atoms with E-state index in [1.54, 1.807) is 36.5 Å². The lowest BCUT2D eigenvalue weighted by Crippen LogP contribution is -2.12. The molecule has 0 atom stereocenters. The number of pyridine rings is 1. The van der Waals surface area contributed by atoms with E-state index in [9.17, 15) is 4.79 Å². The van der Waals surface area contributed by atoms with Crippen LogP contribution in [-0.4, -0.2) is 17.5 Å². The summed E-state index contributed by atoms with van der Waals surface area (Å²) in [5.74, 6) is 0.353. The molecule has 1 heterocycles. The fourth-order valence-electron chi connectivity index (χ4n) is 1.74. The summed E-state index contributed by atoms with van der Waals surface area (Å²) >= 11 is 6.07. The summed E-state index contributed by atoms with van der Waals surface area (Å²) in [6.07, 6.45) is 1.65. The van der Waals surface area contributed by atoms with E-state index in [4.69, 9.17) is 16.3 Å². The largest absolute Gasteiger partial charge is 0.492 e. The van der Waals surface area contributed by atoms with Crippen molar-refractivity contribution in [3.05, 3.63) is 52.8 Å². The zero-order chi connectivity index (χ0) is 14.5. The second-order valence-corrected chi connectivity index (χ2v) is 4.63. The van der Waals surface area contributed by atoms with Crippen molar-refractivity contribution in [2.24, 2.45) is 0 Å². The molecule has 20 heavy (non-hydrogen) atoms. The Kier molecular flexibility index (Phi) is 4.58. The molecule has 0 radical (unpaired) electrons. The summed E-state index contributed by atoms with van der Waals surface area (Å²) in [7, 11) is 0. The molecule has 1 aromatic heterocycles. The third-order valence-corrected chi connectivity index (χ3v) is 2.94. The first-order chi connectivity index (χ1) is 9.60. The fourth-order valence-corrected chi connectivity index (χ4v) is 1.98. The van der Waals surface area contributed by atoms with Gasteiger partial charge in [-0.1, -0.05) is 11.6 Å². The number of halogens is 1. The number of hydrogen-bond acceptors (Lipinski definition) is 3. The van der Waals surface area contributed by atoms with Crippen LogP contribution in [0.1, 0.15) is 23.0 Å². The van der Waals surface area contributed by atoms with Crippen LogP contribution in [0.2, 0.25) is 5.02 Å². The molecule has 2 rings (SSSR count). The van der Waals surface area contributed by atoms with E-state index in [-0.39, 0.29) is 5.91 Å². The first-order valence-electron chi connectivity index (χ1n) is 6.26. The molecule has 0 saturated heterocycles. The van der Waals surface area contributed by atoms with E-state index in [1.165, 1.54) is 0 Å². The average molecular weight is 291 g/mol. The van der Waals surface area contributed by atoms with Crippen molar-refractivity contribution in [3.8, 4) is 5.75 Å². The fraction of sp³-hybridized carbons (Fsp3) is 0.200. The second kappa shape index (κ2) is 6.39. The summed E-state index contributed by atoms with van der Waals surface area (Å²) in [5.41, 5.74) is 2.02. The van der Waals surface area contributed by atoms with Gasteiger partial charge in [-0.15, -0.1) is 0 Å². The van der Waals surface area contributed by atoms with Gasteiger partial charge in [0.25, 0.3) is 5.91 Å². The lowest BCUT2D eigenvalue weighted by Gasteiger charge is -2.09. The molecule has 1 aromatic carbocycles. The van der Waals surface area contributed by atoms with Crippen LogP contribution in [0, 0.1) is 6.92 Å². The van der Waals surface area contributed by atoms with Crippen molar-refractivity contribution < 1.29 is 9.53 Å². The highest BCUT2D eigenvalue weighted by atomic mass is 35.5. The smallest absolute Gasteiger partial charge is 0.255 e. The van der Waals surface area contributed by atoms with E-state index >= 15 is 0 Å². The molecule has 0 bridgehead atoms. The molecule has 0 aliphatic heterocycles. The van der Waals surface area contributed by atoms with E-state index in [0.717, 1.165) is 5.69 Å². The highest BCUT2D eigenvalue weighted by molar-refractivity contribution is 6.32. The van der Waals surface area contributed by atoms with E-state index < -0.39 is 0 Å². The maximum absolute atomic E-state index is 12.1. The molecule has 0 fully saturated rings. The third kappa shape index (κ3) is 3.48. The molecule has 0 unspecified atom stereocenters. The monoisotopic (exact) mass is 290 g/mol. The number of rotatable bonds is 4. The molecule has 1 N–H and O–H groups in total. The van der Waals surface area contributed by atoms with Crippen molar-refractivity contribution >= 4 is 23.2 Å². The number of anilines is 1. The van der Waals surface area contributed by atoms with Gasteiger partial charge in [-0.25, -0.2) is 0 Å². The molecule has 4 nitrogen and oxygen atoms in total. The molecule has 0 aliphatic rings. The number of hydrogen-bond donors (Lipinski definition) is 1. The van der Waals surface area contributed by atoms with E-state index in [2.05, 4.69) is 10.3 Å². The average Bonchev–Trinajstić information content (AvgIpc) is 2.41. The third-order valence-electron chi connectivity index (χ3n) is 2.65. The standard InChI is InChI=1S/C15H15ClN2O2/c1-3-20-14-5-4-11(9-13(14)16)15(19)18-12-6-7-17-10(2)8-12/h4-9H,3H2,1-2H3,(H,17,18,19). The van der Waals surface area contributed by atoms with Crippen LogP contribution in [0.4, 0.5) is 5.69 Å². The summed E-state index contributed by atoms with van der Waals surface area (Å²) in [5, 5.41) is 3.22. The van der Waals surface area contributed by atoms with Crippen LogP contribution < -0.4 is 10.1 Å². The van der Waals surface area contributed by atoms with Crippen molar-refractivity contribution in [2.45, 2.75) is 13.8 Å². The lowest BCUT2D eigenvalue weighted by molar-refractivity contribution is 0.102. The molecular weight excluding hydrogens is 276 g/mol. The lowest BCUT2D eigenvalue weighted by atomic mass is 10.2. The number of aryl methyl sites for hydroxylation is 1. The van der Waals surface area contributed by atoms with Gasteiger partial charge in [-0.2, -0.15) is 0 Å². The van der Waals surface area contributed by atoms with Crippen molar-refractivity contribution in [3.63, 3.8) is 0 Å². The Morgan fingerprint density at radius 3 is 2.80 bits per heavy atom. The van der Waals surface area contributed by atoms with Gasteiger partial charge in [0, 0.05) is 23.1 Å². The van der Waals surface area contributed by atoms with Crippen LogP contribution in [0.3, 0.4) is 0 Å². The Labute approximate surface area is 122 Å². The van der Waals surface area contributed by atoms with Gasteiger partial charge in [0.2, 0.25) is 0 Å². The predicted octanol–water partition coefficient (Wildman–Crippen LogP) is 3.69. The summed E-state index contributed by atoms with van der Waals surface area (Å²) in [6, 6.07) is 8.50. The van der Waals surface area contributed by atoms with Gasteiger partial charge in [0.05, 0.1) is 11.6 Å². The normalized spacial score (nSPS) is 10.2. The van der Waals surface area contributed by atoms with Crippen LogP contribution in [-0.2, 0) is 0 Å². The maximum atomic E-state index is 12.1. The van der Waals surface area contributed by atoms with E-state index in [0.29, 0.717) is 28.6 Å². The van der Waals surface area contributed by atoms with Crippen LogP contribution in [0.15, 0.2) is 36.5 Å². The minimum atomic E-state index is -0.222. The Balaban J connectivity index is 2.15. The SMILES string of the molecule is CCOc1ccc(C(=O)Nc2ccnc(C)c2)cc1Cl. The topological polar surface area (TPSA) is 51.2 Å². The van der Waals surface area contributed by atoms with E-state index in [1.807, 2.05) is 13.8 Å². The molecule has 104 valence electrons. The molecule has 2 aromatic rings. The molecule has 1 amide bonds. The number of nitrogens with zero attached hydrogens (tertiary/aromatic N) is 1. The minimum Gasteiger partial charge on any atom is -0.492 e. The Bertz CT molecular complexity index is 629. The highest BCUT2D eigenvalue weighted by Gasteiger charge is 2.09. The first-order valence-corrected chi connectivity index (χ1v) is 6.64. The number of nitrogens with one attached hydrogen (secondary N) is 1. The highest BCUT2D eigenvalue weighted by Crippen LogP contribution is 2.25. The number of ether oxygens (including phenoxy) is 1. The van der Waals surface area contributed by atoms with Crippen LogP contribution >= 0.6 is 11.6 Å². The quantitative estimate of drug-likeness (QED) is 0.934. The number of aromatic nitrogens is 1. The Morgan fingerprint density at radius 2 is 2.15 bits per heavy atom. The van der Waals surface area contributed by atoms with Gasteiger partial charge >= 0.3 is 0 Å². The molecule has 0 saturated carbocycles. The molecule has 0 aliphatic carbocycles. The summed E-state index contributed by atoms with van der Waals surface area (Å²) in [6.45, 7) is 4.27. The first kappa shape index (κ1) is 14.3. The van der Waals surface area contributed by atoms with Crippen molar-refractivity contribution in [1.82, 2.24) is 4.98 Å². The second-order valence-electron chi connectivity index (χ2n) is 4.22. The Hall–Kier alpha value is -2.07. The van der Waals surface area contributed by atoms with Gasteiger partial charge in [0.1, 0.15) is 5.75 Å². The number of carbonyl (C=O) groups excluding carboxylic acids is 1. The number of benzene rings is 1. The Morgan fingerprint density at radius 1 is 1.35 bits per heavy atom.